The van der Waals surface area contributed by atoms with E-state index < -0.39 is 5.97 Å². The van der Waals surface area contributed by atoms with Gasteiger partial charge in [-0.15, -0.1) is 0 Å². The van der Waals surface area contributed by atoms with Gasteiger partial charge in [0.05, 0.1) is 6.10 Å². The van der Waals surface area contributed by atoms with E-state index in [9.17, 15) is 14.7 Å². The predicted octanol–water partition coefficient (Wildman–Crippen LogP) is 4.11. The minimum Gasteiger partial charge on any atom is -0.481 e. The van der Waals surface area contributed by atoms with Gasteiger partial charge in [0.2, 0.25) is 0 Å². The molecule has 6 atom stereocenters. The molecule has 0 unspecified atom stereocenters. The molecule has 0 bridgehead atoms. The Balaban J connectivity index is 1.59. The van der Waals surface area contributed by atoms with Gasteiger partial charge in [-0.2, -0.15) is 0 Å². The molecule has 0 heterocycles. The molecule has 4 heteroatoms. The third-order valence-electron chi connectivity index (χ3n) is 8.67. The third-order valence-corrected chi connectivity index (χ3v) is 8.67. The summed E-state index contributed by atoms with van der Waals surface area (Å²) in [5.74, 6) is 1.35. The summed E-state index contributed by atoms with van der Waals surface area (Å²) in [7, 11) is 0. The zero-order valence-electron chi connectivity index (χ0n) is 15.9. The number of rotatable bonds is 4. The van der Waals surface area contributed by atoms with E-state index in [2.05, 4.69) is 6.92 Å². The van der Waals surface area contributed by atoms with Gasteiger partial charge in [0.15, 0.2) is 5.78 Å². The van der Waals surface area contributed by atoms with Crippen molar-refractivity contribution in [3.05, 3.63) is 11.6 Å². The first-order valence-electron chi connectivity index (χ1n) is 10.5. The highest BCUT2D eigenvalue weighted by Gasteiger charge is 2.60. The van der Waals surface area contributed by atoms with E-state index in [1.54, 1.807) is 0 Å². The number of aliphatic hydroxyl groups is 1. The number of allylic oxidation sites excluding steroid dienone is 1. The molecular weight excluding hydrogens is 328 g/mol. The molecule has 3 saturated carbocycles. The predicted molar refractivity (Wildman–Crippen MR) is 98.5 cm³/mol. The van der Waals surface area contributed by atoms with Gasteiger partial charge in [0.1, 0.15) is 0 Å². The molecule has 26 heavy (non-hydrogen) atoms. The fourth-order valence-corrected chi connectivity index (χ4v) is 7.39. The van der Waals surface area contributed by atoms with Gasteiger partial charge in [0, 0.05) is 12.8 Å². The van der Waals surface area contributed by atoms with Crippen molar-refractivity contribution in [3.8, 4) is 0 Å². The molecule has 0 aromatic carbocycles. The number of carbonyl (C=O) groups is 2. The zero-order valence-corrected chi connectivity index (χ0v) is 15.9. The Bertz CT molecular complexity index is 638. The number of ketones is 1. The molecule has 0 saturated heterocycles. The zero-order chi connectivity index (χ0) is 18.5. The summed E-state index contributed by atoms with van der Waals surface area (Å²) in [5.41, 5.74) is 1.49. The quantitative estimate of drug-likeness (QED) is 0.791. The molecule has 4 aliphatic carbocycles. The van der Waals surface area contributed by atoms with E-state index in [1.165, 1.54) is 5.57 Å². The lowest BCUT2D eigenvalue weighted by atomic mass is 9.46. The number of carboxylic acids is 1. The van der Waals surface area contributed by atoms with Crippen LogP contribution in [0.25, 0.3) is 0 Å². The molecular formula is C22H32O4. The number of hydrogen-bond acceptors (Lipinski definition) is 3. The van der Waals surface area contributed by atoms with Crippen LogP contribution in [0.3, 0.4) is 0 Å². The van der Waals surface area contributed by atoms with Gasteiger partial charge in [-0.05, 0) is 92.4 Å². The minimum absolute atomic E-state index is 0.0569. The van der Waals surface area contributed by atoms with E-state index >= 15 is 0 Å². The number of aliphatic hydroxyl groups excluding tert-OH is 1. The molecule has 0 aliphatic heterocycles. The molecule has 3 fully saturated rings. The van der Waals surface area contributed by atoms with E-state index in [-0.39, 0.29) is 23.4 Å². The van der Waals surface area contributed by atoms with Crippen molar-refractivity contribution in [1.82, 2.24) is 0 Å². The monoisotopic (exact) mass is 360 g/mol. The van der Waals surface area contributed by atoms with Gasteiger partial charge in [-0.1, -0.05) is 12.5 Å². The van der Waals surface area contributed by atoms with Crippen molar-refractivity contribution in [2.24, 2.45) is 28.6 Å². The maximum Gasteiger partial charge on any atom is 0.303 e. The SMILES string of the molecule is C[C@]12CCC(=O)C=C1CC[C@H]1[C@@H]3CC[C@H](O)[C@@]3(CCCC(=O)O)CC[C@@H]12. The van der Waals surface area contributed by atoms with Crippen molar-refractivity contribution in [2.45, 2.75) is 83.7 Å². The summed E-state index contributed by atoms with van der Waals surface area (Å²) in [4.78, 5) is 22.9. The largest absolute Gasteiger partial charge is 0.481 e. The summed E-state index contributed by atoms with van der Waals surface area (Å²) >= 11 is 0. The fraction of sp³-hybridized carbons (Fsp3) is 0.818. The van der Waals surface area contributed by atoms with Gasteiger partial charge < -0.3 is 10.2 Å². The summed E-state index contributed by atoms with van der Waals surface area (Å²) in [5, 5.41) is 19.9. The minimum atomic E-state index is -0.731. The Hall–Kier alpha value is -1.16. The molecule has 144 valence electrons. The summed E-state index contributed by atoms with van der Waals surface area (Å²) in [6, 6.07) is 0. The second kappa shape index (κ2) is 6.47. The lowest BCUT2D eigenvalue weighted by Crippen LogP contribution is -2.52. The van der Waals surface area contributed by atoms with Crippen LogP contribution in [-0.2, 0) is 9.59 Å². The lowest BCUT2D eigenvalue weighted by molar-refractivity contribution is -0.138. The number of carboxylic acid groups (broad SMARTS) is 1. The van der Waals surface area contributed by atoms with Crippen LogP contribution >= 0.6 is 0 Å². The van der Waals surface area contributed by atoms with Gasteiger partial charge >= 0.3 is 5.97 Å². The first-order valence-corrected chi connectivity index (χ1v) is 10.5. The Labute approximate surface area is 156 Å². The van der Waals surface area contributed by atoms with Crippen LogP contribution in [0.4, 0.5) is 0 Å². The standard InChI is InChI=1S/C22H32O4/c1-21-11-8-15(23)13-14(21)4-5-16-17(21)9-12-22(10-2-3-20(25)26)18(16)6-7-19(22)24/h13,16-19,24H,2-12H2,1H3,(H,25,26)/t16-,17+,18+,19+,21+,22+/m1/s1. The molecule has 0 aromatic heterocycles. The fourth-order valence-electron chi connectivity index (χ4n) is 7.39. The second-order valence-electron chi connectivity index (χ2n) is 9.58. The van der Waals surface area contributed by atoms with Crippen LogP contribution in [0, 0.1) is 28.6 Å². The van der Waals surface area contributed by atoms with Gasteiger partial charge in [-0.25, -0.2) is 0 Å². The molecule has 0 spiro atoms. The topological polar surface area (TPSA) is 74.6 Å². The van der Waals surface area contributed by atoms with Crippen LogP contribution in [0.5, 0.6) is 0 Å². The normalized spacial score (nSPS) is 44.7. The Morgan fingerprint density at radius 2 is 1.96 bits per heavy atom. The average Bonchev–Trinajstić information content (AvgIpc) is 2.92. The van der Waals surface area contributed by atoms with E-state index in [0.29, 0.717) is 36.4 Å². The number of fused-ring (bicyclic) bond motifs is 5. The number of hydrogen-bond donors (Lipinski definition) is 2. The molecule has 0 radical (unpaired) electrons. The smallest absolute Gasteiger partial charge is 0.303 e. The maximum atomic E-state index is 11.9. The van der Waals surface area contributed by atoms with Crippen LogP contribution in [0.2, 0.25) is 0 Å². The molecule has 0 amide bonds. The van der Waals surface area contributed by atoms with E-state index in [1.807, 2.05) is 6.08 Å². The first kappa shape index (κ1) is 18.2. The highest BCUT2D eigenvalue weighted by molar-refractivity contribution is 5.91. The summed E-state index contributed by atoms with van der Waals surface area (Å²) in [6.07, 6.45) is 11.4. The highest BCUT2D eigenvalue weighted by Crippen LogP contribution is 2.66. The summed E-state index contributed by atoms with van der Waals surface area (Å²) < 4.78 is 0. The lowest BCUT2D eigenvalue weighted by Gasteiger charge is -2.58. The number of aliphatic carboxylic acids is 1. The third kappa shape index (κ3) is 2.67. The molecule has 0 aromatic rings. The van der Waals surface area contributed by atoms with E-state index in [4.69, 9.17) is 5.11 Å². The highest BCUT2D eigenvalue weighted by atomic mass is 16.4. The first-order chi connectivity index (χ1) is 12.4. The summed E-state index contributed by atoms with van der Waals surface area (Å²) in [6.45, 7) is 2.38. The number of carbonyl (C=O) groups excluding carboxylic acids is 1. The van der Waals surface area contributed by atoms with Crippen molar-refractivity contribution in [3.63, 3.8) is 0 Å². The van der Waals surface area contributed by atoms with Gasteiger partial charge in [0.25, 0.3) is 0 Å². The molecule has 2 N–H and O–H groups in total. The van der Waals surface area contributed by atoms with Crippen molar-refractivity contribution in [2.75, 3.05) is 0 Å². The van der Waals surface area contributed by atoms with Crippen LogP contribution in [0.1, 0.15) is 77.6 Å². The Kier molecular flexibility index (Phi) is 4.53. The van der Waals surface area contributed by atoms with E-state index in [0.717, 1.165) is 51.4 Å². The van der Waals surface area contributed by atoms with Crippen LogP contribution in [-0.4, -0.2) is 28.1 Å². The van der Waals surface area contributed by atoms with Gasteiger partial charge in [-0.3, -0.25) is 9.59 Å². The Morgan fingerprint density at radius 1 is 1.15 bits per heavy atom. The van der Waals surface area contributed by atoms with Crippen LogP contribution in [0.15, 0.2) is 11.6 Å². The Morgan fingerprint density at radius 3 is 2.73 bits per heavy atom. The van der Waals surface area contributed by atoms with Crippen molar-refractivity contribution in [1.29, 1.82) is 0 Å². The average molecular weight is 360 g/mol. The maximum absolute atomic E-state index is 11.9. The van der Waals surface area contributed by atoms with Crippen molar-refractivity contribution < 1.29 is 19.8 Å². The molecule has 4 aliphatic rings. The second-order valence-corrected chi connectivity index (χ2v) is 9.58. The van der Waals surface area contributed by atoms with Crippen LogP contribution < -0.4 is 0 Å². The molecule has 4 nitrogen and oxygen atoms in total. The van der Waals surface area contributed by atoms with Crippen molar-refractivity contribution >= 4 is 11.8 Å². The molecule has 4 rings (SSSR count).